The third kappa shape index (κ3) is 4.88. The van der Waals surface area contributed by atoms with Crippen molar-refractivity contribution in [1.82, 2.24) is 20.1 Å². The summed E-state index contributed by atoms with van der Waals surface area (Å²) < 4.78 is 2.08. The zero-order chi connectivity index (χ0) is 15.1. The SMILES string of the molecule is C=CCn1c(SCC(=O)NCCCCC)nnc1C1CC1. The van der Waals surface area contributed by atoms with E-state index < -0.39 is 0 Å². The second-order valence-corrected chi connectivity index (χ2v) is 6.30. The number of aromatic nitrogens is 3. The molecule has 1 aliphatic rings. The van der Waals surface area contributed by atoms with E-state index in [0.29, 0.717) is 18.2 Å². The minimum Gasteiger partial charge on any atom is -0.355 e. The van der Waals surface area contributed by atoms with Gasteiger partial charge in [0.15, 0.2) is 5.16 Å². The molecule has 1 aliphatic carbocycles. The topological polar surface area (TPSA) is 59.8 Å². The molecule has 0 atom stereocenters. The van der Waals surface area contributed by atoms with E-state index in [-0.39, 0.29) is 5.91 Å². The number of carbonyl (C=O) groups is 1. The van der Waals surface area contributed by atoms with E-state index in [2.05, 4.69) is 33.6 Å². The summed E-state index contributed by atoms with van der Waals surface area (Å²) in [4.78, 5) is 11.8. The van der Waals surface area contributed by atoms with Gasteiger partial charge in [-0.3, -0.25) is 4.79 Å². The molecule has 0 aromatic carbocycles. The van der Waals surface area contributed by atoms with Gasteiger partial charge in [0.25, 0.3) is 0 Å². The van der Waals surface area contributed by atoms with Crippen molar-refractivity contribution in [3.05, 3.63) is 18.5 Å². The van der Waals surface area contributed by atoms with Crippen LogP contribution < -0.4 is 5.32 Å². The minimum atomic E-state index is 0.0669. The van der Waals surface area contributed by atoms with E-state index in [1.54, 1.807) is 0 Å². The maximum Gasteiger partial charge on any atom is 0.230 e. The van der Waals surface area contributed by atoms with Gasteiger partial charge in [-0.1, -0.05) is 37.6 Å². The fourth-order valence-corrected chi connectivity index (χ4v) is 2.92. The Kier molecular flexibility index (Phi) is 6.29. The van der Waals surface area contributed by atoms with Crippen LogP contribution in [0.3, 0.4) is 0 Å². The van der Waals surface area contributed by atoms with Crippen molar-refractivity contribution in [2.24, 2.45) is 0 Å². The Bertz CT molecular complexity index is 482. The van der Waals surface area contributed by atoms with Crippen LogP contribution >= 0.6 is 11.8 Å². The molecule has 1 N–H and O–H groups in total. The normalized spacial score (nSPS) is 14.1. The second-order valence-electron chi connectivity index (χ2n) is 5.36. The van der Waals surface area contributed by atoms with Crippen LogP contribution in [0.2, 0.25) is 0 Å². The molecule has 2 rings (SSSR count). The first-order valence-corrected chi connectivity index (χ1v) is 8.68. The highest BCUT2D eigenvalue weighted by atomic mass is 32.2. The summed E-state index contributed by atoms with van der Waals surface area (Å²) in [6.45, 7) is 7.41. The molecule has 1 aromatic heterocycles. The number of nitrogens with one attached hydrogen (secondary N) is 1. The monoisotopic (exact) mass is 308 g/mol. The van der Waals surface area contributed by atoms with Crippen molar-refractivity contribution in [1.29, 1.82) is 0 Å². The molecule has 0 saturated heterocycles. The van der Waals surface area contributed by atoms with Crippen molar-refractivity contribution in [2.75, 3.05) is 12.3 Å². The van der Waals surface area contributed by atoms with Crippen LogP contribution in [-0.2, 0) is 11.3 Å². The van der Waals surface area contributed by atoms with E-state index in [0.717, 1.165) is 30.4 Å². The van der Waals surface area contributed by atoms with E-state index in [9.17, 15) is 4.79 Å². The first-order valence-electron chi connectivity index (χ1n) is 7.69. The Balaban J connectivity index is 1.82. The van der Waals surface area contributed by atoms with Crippen LogP contribution in [0.5, 0.6) is 0 Å². The molecule has 0 radical (unpaired) electrons. The Labute approximate surface area is 130 Å². The van der Waals surface area contributed by atoms with Crippen LogP contribution in [0.25, 0.3) is 0 Å². The smallest absolute Gasteiger partial charge is 0.230 e. The molecule has 0 aliphatic heterocycles. The molecule has 116 valence electrons. The third-order valence-corrected chi connectivity index (χ3v) is 4.40. The van der Waals surface area contributed by atoms with E-state index in [1.165, 1.54) is 31.0 Å². The van der Waals surface area contributed by atoms with E-state index in [1.807, 2.05) is 6.08 Å². The molecule has 0 spiro atoms. The molecule has 0 unspecified atom stereocenters. The van der Waals surface area contributed by atoms with Gasteiger partial charge in [0.05, 0.1) is 5.75 Å². The number of carbonyl (C=O) groups excluding carboxylic acids is 1. The van der Waals surface area contributed by atoms with Gasteiger partial charge in [-0.05, 0) is 19.3 Å². The van der Waals surface area contributed by atoms with E-state index >= 15 is 0 Å². The zero-order valence-corrected chi connectivity index (χ0v) is 13.5. The van der Waals surface area contributed by atoms with Gasteiger partial charge < -0.3 is 9.88 Å². The number of rotatable bonds is 10. The lowest BCUT2D eigenvalue weighted by Gasteiger charge is -2.07. The quantitative estimate of drug-likeness (QED) is 0.410. The van der Waals surface area contributed by atoms with Crippen molar-refractivity contribution < 1.29 is 4.79 Å². The Morgan fingerprint density at radius 1 is 1.48 bits per heavy atom. The summed E-state index contributed by atoms with van der Waals surface area (Å²) in [5, 5.41) is 12.3. The average molecular weight is 308 g/mol. The summed E-state index contributed by atoms with van der Waals surface area (Å²) >= 11 is 1.45. The first-order chi connectivity index (χ1) is 10.3. The Morgan fingerprint density at radius 2 is 2.29 bits per heavy atom. The molecule has 0 bridgehead atoms. The van der Waals surface area contributed by atoms with Crippen LogP contribution in [0.4, 0.5) is 0 Å². The Morgan fingerprint density at radius 3 is 2.95 bits per heavy atom. The van der Waals surface area contributed by atoms with Crippen molar-refractivity contribution in [2.45, 2.75) is 56.6 Å². The van der Waals surface area contributed by atoms with Gasteiger partial charge >= 0.3 is 0 Å². The second kappa shape index (κ2) is 8.22. The molecule has 1 fully saturated rings. The first kappa shape index (κ1) is 16.1. The van der Waals surface area contributed by atoms with Gasteiger partial charge in [0.2, 0.25) is 5.91 Å². The lowest BCUT2D eigenvalue weighted by atomic mass is 10.2. The summed E-state index contributed by atoms with van der Waals surface area (Å²) in [5.41, 5.74) is 0. The van der Waals surface area contributed by atoms with Crippen molar-refractivity contribution in [3.8, 4) is 0 Å². The maximum absolute atomic E-state index is 11.8. The predicted molar refractivity (Wildman–Crippen MR) is 85.5 cm³/mol. The standard InChI is InChI=1S/C15H24N4OS/c1-3-5-6-9-16-13(20)11-21-15-18-17-14(12-7-8-12)19(15)10-4-2/h4,12H,2-3,5-11H2,1H3,(H,16,20). The van der Waals surface area contributed by atoms with Gasteiger partial charge in [0.1, 0.15) is 5.82 Å². The molecule has 1 amide bonds. The molecule has 6 heteroatoms. The number of allylic oxidation sites excluding steroid dienone is 1. The number of hydrogen-bond acceptors (Lipinski definition) is 4. The predicted octanol–water partition coefficient (Wildman–Crippen LogP) is 2.74. The zero-order valence-electron chi connectivity index (χ0n) is 12.7. The summed E-state index contributed by atoms with van der Waals surface area (Å²) in [5.74, 6) is 2.05. The highest BCUT2D eigenvalue weighted by molar-refractivity contribution is 7.99. The van der Waals surface area contributed by atoms with Crippen molar-refractivity contribution >= 4 is 17.7 Å². The largest absolute Gasteiger partial charge is 0.355 e. The van der Waals surface area contributed by atoms with Crippen LogP contribution in [-0.4, -0.2) is 33.0 Å². The molecule has 21 heavy (non-hydrogen) atoms. The van der Waals surface area contributed by atoms with Gasteiger partial charge in [0, 0.05) is 19.0 Å². The highest BCUT2D eigenvalue weighted by Gasteiger charge is 2.30. The number of unbranched alkanes of at least 4 members (excludes halogenated alkanes) is 2. The molecule has 5 nitrogen and oxygen atoms in total. The average Bonchev–Trinajstić information content (AvgIpc) is 3.25. The van der Waals surface area contributed by atoms with Crippen LogP contribution in [0, 0.1) is 0 Å². The molecule has 1 heterocycles. The minimum absolute atomic E-state index is 0.0669. The lowest BCUT2D eigenvalue weighted by molar-refractivity contribution is -0.118. The summed E-state index contributed by atoms with van der Waals surface area (Å²) in [7, 11) is 0. The van der Waals surface area contributed by atoms with E-state index in [4.69, 9.17) is 0 Å². The van der Waals surface area contributed by atoms with Gasteiger partial charge in [-0.25, -0.2) is 0 Å². The van der Waals surface area contributed by atoms with Crippen LogP contribution in [0.1, 0.15) is 50.8 Å². The molecular weight excluding hydrogens is 284 g/mol. The summed E-state index contributed by atoms with van der Waals surface area (Å²) in [6, 6.07) is 0. The van der Waals surface area contributed by atoms with Crippen molar-refractivity contribution in [3.63, 3.8) is 0 Å². The number of thioether (sulfide) groups is 1. The third-order valence-electron chi connectivity index (χ3n) is 3.43. The van der Waals surface area contributed by atoms with Gasteiger partial charge in [-0.2, -0.15) is 0 Å². The fourth-order valence-electron chi connectivity index (χ4n) is 2.13. The van der Waals surface area contributed by atoms with Gasteiger partial charge in [-0.15, -0.1) is 16.8 Å². The Hall–Kier alpha value is -1.30. The number of nitrogens with zero attached hydrogens (tertiary/aromatic N) is 3. The number of amides is 1. The number of hydrogen-bond donors (Lipinski definition) is 1. The highest BCUT2D eigenvalue weighted by Crippen LogP contribution is 2.39. The summed E-state index contributed by atoms with van der Waals surface area (Å²) in [6.07, 6.45) is 7.61. The molecule has 1 saturated carbocycles. The fraction of sp³-hybridized carbons (Fsp3) is 0.667. The molecular formula is C15H24N4OS. The van der Waals surface area contributed by atoms with Crippen LogP contribution in [0.15, 0.2) is 17.8 Å². The maximum atomic E-state index is 11.8. The lowest BCUT2D eigenvalue weighted by Crippen LogP contribution is -2.26. The molecule has 1 aromatic rings.